The second kappa shape index (κ2) is 7.66. The molecule has 3 saturated heterocycles. The fourth-order valence-electron chi connectivity index (χ4n) is 4.82. The van der Waals surface area contributed by atoms with Gasteiger partial charge in [0.25, 0.3) is 0 Å². The number of nitrogens with zero attached hydrogens (tertiary/aromatic N) is 4. The van der Waals surface area contributed by atoms with E-state index < -0.39 is 0 Å². The van der Waals surface area contributed by atoms with Gasteiger partial charge in [-0.1, -0.05) is 0 Å². The van der Waals surface area contributed by atoms with Crippen LogP contribution >= 0.6 is 0 Å². The largest absolute Gasteiger partial charge is 0.379 e. The van der Waals surface area contributed by atoms with Crippen molar-refractivity contribution >= 4 is 5.91 Å². The van der Waals surface area contributed by atoms with E-state index in [1.165, 1.54) is 0 Å². The quantitative estimate of drug-likeness (QED) is 0.878. The Morgan fingerprint density at radius 3 is 3.00 bits per heavy atom. The molecule has 7 heteroatoms. The van der Waals surface area contributed by atoms with Crippen LogP contribution in [0.15, 0.2) is 12.3 Å². The van der Waals surface area contributed by atoms with Crippen molar-refractivity contribution < 1.29 is 9.53 Å². The van der Waals surface area contributed by atoms with Crippen LogP contribution in [0.2, 0.25) is 0 Å². The second-order valence-corrected chi connectivity index (χ2v) is 7.83. The van der Waals surface area contributed by atoms with Crippen molar-refractivity contribution in [3.05, 3.63) is 18.0 Å². The number of rotatable bonds is 4. The van der Waals surface area contributed by atoms with Crippen LogP contribution in [0, 0.1) is 0 Å². The molecule has 0 aliphatic carbocycles. The molecule has 1 aromatic rings. The van der Waals surface area contributed by atoms with E-state index in [-0.39, 0.29) is 12.1 Å². The molecular formula is C19H31N5O2. The lowest BCUT2D eigenvalue weighted by molar-refractivity contribution is -0.130. The van der Waals surface area contributed by atoms with Crippen LogP contribution in [0.1, 0.15) is 51.3 Å². The summed E-state index contributed by atoms with van der Waals surface area (Å²) >= 11 is 0. The van der Waals surface area contributed by atoms with Gasteiger partial charge in [0.05, 0.1) is 31.1 Å². The molecule has 4 atom stereocenters. The maximum atomic E-state index is 12.5. The molecule has 1 amide bonds. The van der Waals surface area contributed by atoms with Gasteiger partial charge in [-0.15, -0.1) is 0 Å². The lowest BCUT2D eigenvalue weighted by Crippen LogP contribution is -2.59. The first-order valence-electron chi connectivity index (χ1n) is 10.1. The molecule has 1 aromatic heterocycles. The van der Waals surface area contributed by atoms with Gasteiger partial charge >= 0.3 is 0 Å². The van der Waals surface area contributed by atoms with Gasteiger partial charge < -0.3 is 10.1 Å². The van der Waals surface area contributed by atoms with Crippen LogP contribution in [-0.4, -0.2) is 70.0 Å². The van der Waals surface area contributed by atoms with E-state index in [1.54, 1.807) is 0 Å². The summed E-state index contributed by atoms with van der Waals surface area (Å²) in [6.45, 7) is 8.70. The Labute approximate surface area is 155 Å². The smallest absolute Gasteiger partial charge is 0.222 e. The summed E-state index contributed by atoms with van der Waals surface area (Å²) in [6.07, 6.45) is 6.03. The molecule has 3 aliphatic rings. The highest BCUT2D eigenvalue weighted by molar-refractivity contribution is 5.77. The van der Waals surface area contributed by atoms with Gasteiger partial charge in [0.2, 0.25) is 5.91 Å². The van der Waals surface area contributed by atoms with E-state index in [9.17, 15) is 4.79 Å². The molecule has 3 aliphatic heterocycles. The molecule has 26 heavy (non-hydrogen) atoms. The fraction of sp³-hybridized carbons (Fsp3) is 0.789. The topological polar surface area (TPSA) is 62.6 Å². The SMILES string of the molecule is CCn1ccc([C@H]2CCCN2C2CC(N3CCOC[C@H]3C)CC(=O)N2)n1. The average molecular weight is 361 g/mol. The maximum Gasteiger partial charge on any atom is 0.222 e. The standard InChI is InChI=1S/C19H31N5O2/c1-3-22-8-6-16(21-22)17-5-4-7-24(17)18-11-15(12-19(25)20-18)23-9-10-26-13-14(23)2/h6,8,14-15,17-18H,3-5,7,9-13H2,1-2H3,(H,20,25)/t14-,15?,17-,18?/m1/s1. The number of amides is 1. The summed E-state index contributed by atoms with van der Waals surface area (Å²) in [6, 6.07) is 3.14. The minimum absolute atomic E-state index is 0.107. The van der Waals surface area contributed by atoms with E-state index in [0.717, 1.165) is 57.8 Å². The highest BCUT2D eigenvalue weighted by Gasteiger charge is 2.40. The summed E-state index contributed by atoms with van der Waals surface area (Å²) in [7, 11) is 0. The lowest BCUT2D eigenvalue weighted by atomic mass is 9.98. The molecule has 1 N–H and O–H groups in total. The Morgan fingerprint density at radius 1 is 1.35 bits per heavy atom. The Balaban J connectivity index is 1.49. The fourth-order valence-corrected chi connectivity index (χ4v) is 4.82. The molecular weight excluding hydrogens is 330 g/mol. The predicted octanol–water partition coefficient (Wildman–Crippen LogP) is 1.37. The first kappa shape index (κ1) is 17.9. The van der Waals surface area contributed by atoms with Crippen LogP contribution in [0.25, 0.3) is 0 Å². The van der Waals surface area contributed by atoms with Gasteiger partial charge in [0, 0.05) is 44.3 Å². The molecule has 0 bridgehead atoms. The number of carbonyl (C=O) groups excluding carboxylic acids is 1. The maximum absolute atomic E-state index is 12.5. The van der Waals surface area contributed by atoms with Gasteiger partial charge in [-0.05, 0) is 39.2 Å². The Kier molecular flexibility index (Phi) is 5.29. The third-order valence-electron chi connectivity index (χ3n) is 6.15. The van der Waals surface area contributed by atoms with Gasteiger partial charge in [-0.3, -0.25) is 19.3 Å². The van der Waals surface area contributed by atoms with Crippen LogP contribution in [0.3, 0.4) is 0 Å². The number of nitrogens with one attached hydrogen (secondary N) is 1. The molecule has 0 aromatic carbocycles. The molecule has 0 spiro atoms. The Hall–Kier alpha value is -1.44. The van der Waals surface area contributed by atoms with Gasteiger partial charge in [0.15, 0.2) is 0 Å². The number of hydrogen-bond donors (Lipinski definition) is 1. The second-order valence-electron chi connectivity index (χ2n) is 7.83. The third-order valence-corrected chi connectivity index (χ3v) is 6.15. The number of likely N-dealkylation sites (tertiary alicyclic amines) is 1. The van der Waals surface area contributed by atoms with Crippen molar-refractivity contribution in [1.29, 1.82) is 0 Å². The zero-order chi connectivity index (χ0) is 18.1. The minimum atomic E-state index is 0.107. The van der Waals surface area contributed by atoms with Crippen molar-refractivity contribution in [2.45, 2.75) is 70.4 Å². The van der Waals surface area contributed by atoms with Crippen LogP contribution in [0.5, 0.6) is 0 Å². The molecule has 3 fully saturated rings. The predicted molar refractivity (Wildman–Crippen MR) is 98.5 cm³/mol. The zero-order valence-electron chi connectivity index (χ0n) is 15.9. The molecule has 4 rings (SSSR count). The third kappa shape index (κ3) is 3.52. The summed E-state index contributed by atoms with van der Waals surface area (Å²) in [4.78, 5) is 17.4. The van der Waals surface area contributed by atoms with Gasteiger partial charge in [-0.2, -0.15) is 5.10 Å². The number of aryl methyl sites for hydroxylation is 1. The summed E-state index contributed by atoms with van der Waals surface area (Å²) in [5.74, 6) is 0.176. The van der Waals surface area contributed by atoms with Gasteiger partial charge in [-0.25, -0.2) is 0 Å². The summed E-state index contributed by atoms with van der Waals surface area (Å²) in [5, 5.41) is 7.99. The van der Waals surface area contributed by atoms with Crippen molar-refractivity contribution in [2.75, 3.05) is 26.3 Å². The van der Waals surface area contributed by atoms with Crippen LogP contribution < -0.4 is 5.32 Å². The van der Waals surface area contributed by atoms with Gasteiger partial charge in [0.1, 0.15) is 0 Å². The number of morpholine rings is 1. The van der Waals surface area contributed by atoms with E-state index in [4.69, 9.17) is 9.84 Å². The average Bonchev–Trinajstić information content (AvgIpc) is 3.30. The first-order chi connectivity index (χ1) is 12.7. The zero-order valence-corrected chi connectivity index (χ0v) is 15.9. The van der Waals surface area contributed by atoms with Crippen molar-refractivity contribution in [3.63, 3.8) is 0 Å². The lowest BCUT2D eigenvalue weighted by Gasteiger charge is -2.45. The van der Waals surface area contributed by atoms with E-state index in [2.05, 4.69) is 41.2 Å². The molecule has 2 unspecified atom stereocenters. The highest BCUT2D eigenvalue weighted by Crippen LogP contribution is 2.35. The minimum Gasteiger partial charge on any atom is -0.379 e. The van der Waals surface area contributed by atoms with E-state index in [0.29, 0.717) is 24.5 Å². The molecule has 4 heterocycles. The van der Waals surface area contributed by atoms with Crippen molar-refractivity contribution in [2.24, 2.45) is 0 Å². The summed E-state index contributed by atoms with van der Waals surface area (Å²) in [5.41, 5.74) is 1.14. The summed E-state index contributed by atoms with van der Waals surface area (Å²) < 4.78 is 7.57. The van der Waals surface area contributed by atoms with Crippen LogP contribution in [0.4, 0.5) is 0 Å². The van der Waals surface area contributed by atoms with Crippen molar-refractivity contribution in [1.82, 2.24) is 24.9 Å². The first-order valence-corrected chi connectivity index (χ1v) is 10.1. The monoisotopic (exact) mass is 361 g/mol. The Bertz CT molecular complexity index is 633. The van der Waals surface area contributed by atoms with Crippen LogP contribution in [-0.2, 0) is 16.1 Å². The number of ether oxygens (including phenoxy) is 1. The van der Waals surface area contributed by atoms with Crippen molar-refractivity contribution in [3.8, 4) is 0 Å². The molecule has 144 valence electrons. The number of carbonyl (C=O) groups is 1. The molecule has 7 nitrogen and oxygen atoms in total. The number of piperidine rings is 1. The number of hydrogen-bond acceptors (Lipinski definition) is 5. The molecule has 0 saturated carbocycles. The number of aromatic nitrogens is 2. The normalized spacial score (nSPS) is 34.2. The molecule has 0 radical (unpaired) electrons. The van der Waals surface area contributed by atoms with E-state index >= 15 is 0 Å². The highest BCUT2D eigenvalue weighted by atomic mass is 16.5. The van der Waals surface area contributed by atoms with E-state index in [1.807, 2.05) is 4.68 Å². The Morgan fingerprint density at radius 2 is 2.23 bits per heavy atom.